The predicted molar refractivity (Wildman–Crippen MR) is 125 cm³/mol. The molecular weight excluding hydrogens is 472 g/mol. The first kappa shape index (κ1) is 21.8. The van der Waals surface area contributed by atoms with Crippen LogP contribution in [0.5, 0.6) is 5.75 Å². The van der Waals surface area contributed by atoms with Gasteiger partial charge in [0, 0.05) is 23.1 Å². The molecule has 0 radical (unpaired) electrons. The normalized spacial score (nSPS) is 12.6. The Balaban J connectivity index is 1.65. The van der Waals surface area contributed by atoms with Crippen molar-refractivity contribution in [2.24, 2.45) is 0 Å². The van der Waals surface area contributed by atoms with E-state index in [1.807, 2.05) is 19.1 Å². The molecule has 0 saturated heterocycles. The summed E-state index contributed by atoms with van der Waals surface area (Å²) >= 11 is 3.38. The Labute approximate surface area is 194 Å². The second-order valence-electron chi connectivity index (χ2n) is 7.17. The minimum atomic E-state index is -0.347. The predicted octanol–water partition coefficient (Wildman–Crippen LogP) is 4.79. The molecule has 0 spiro atoms. The van der Waals surface area contributed by atoms with Crippen LogP contribution in [0.4, 0.5) is 5.69 Å². The summed E-state index contributed by atoms with van der Waals surface area (Å²) in [6.07, 6.45) is 0. The van der Waals surface area contributed by atoms with Crippen LogP contribution in [0, 0.1) is 0 Å². The van der Waals surface area contributed by atoms with Crippen molar-refractivity contribution in [2.75, 3.05) is 24.6 Å². The van der Waals surface area contributed by atoms with Crippen LogP contribution in [0.15, 0.2) is 77.3 Å². The second-order valence-corrected chi connectivity index (χ2v) is 8.09. The standard InChI is InChI=1S/C25H21BrN2O4/c1-2-32-22-10-6-5-9-21(22)27(23(29)17-11-13-18(26)14-12-17)15-16-28-24(30)19-7-3-4-8-20(19)25(28)31/h3-14H,2,15-16H2,1H3. The van der Waals surface area contributed by atoms with Gasteiger partial charge >= 0.3 is 0 Å². The van der Waals surface area contributed by atoms with E-state index < -0.39 is 0 Å². The monoisotopic (exact) mass is 492 g/mol. The zero-order valence-corrected chi connectivity index (χ0v) is 19.0. The number of fused-ring (bicyclic) bond motifs is 1. The van der Waals surface area contributed by atoms with Gasteiger partial charge < -0.3 is 9.64 Å². The Morgan fingerprint density at radius 2 is 1.50 bits per heavy atom. The van der Waals surface area contributed by atoms with Gasteiger partial charge in [-0.3, -0.25) is 19.3 Å². The van der Waals surface area contributed by atoms with Crippen LogP contribution in [-0.4, -0.2) is 42.3 Å². The third-order valence-electron chi connectivity index (χ3n) is 5.22. The number of imide groups is 1. The highest BCUT2D eigenvalue weighted by Crippen LogP contribution is 2.30. The van der Waals surface area contributed by atoms with Crippen LogP contribution in [0.1, 0.15) is 38.0 Å². The summed E-state index contributed by atoms with van der Waals surface area (Å²) in [6.45, 7) is 2.51. The molecule has 6 nitrogen and oxygen atoms in total. The summed E-state index contributed by atoms with van der Waals surface area (Å²) in [7, 11) is 0. The summed E-state index contributed by atoms with van der Waals surface area (Å²) in [5.74, 6) is -0.386. The molecule has 0 aromatic heterocycles. The third-order valence-corrected chi connectivity index (χ3v) is 5.75. The molecule has 7 heteroatoms. The van der Waals surface area contributed by atoms with Gasteiger partial charge in [-0.05, 0) is 55.5 Å². The smallest absolute Gasteiger partial charge is 0.261 e. The maximum absolute atomic E-state index is 13.5. The first-order valence-corrected chi connectivity index (χ1v) is 11.0. The van der Waals surface area contributed by atoms with Crippen LogP contribution in [0.25, 0.3) is 0 Å². The van der Waals surface area contributed by atoms with Gasteiger partial charge in [0.25, 0.3) is 17.7 Å². The van der Waals surface area contributed by atoms with Crippen LogP contribution < -0.4 is 9.64 Å². The van der Waals surface area contributed by atoms with Gasteiger partial charge in [-0.1, -0.05) is 40.2 Å². The van der Waals surface area contributed by atoms with Gasteiger partial charge in [-0.2, -0.15) is 0 Å². The van der Waals surface area contributed by atoms with Gasteiger partial charge in [0.15, 0.2) is 0 Å². The lowest BCUT2D eigenvalue weighted by Gasteiger charge is -2.27. The lowest BCUT2D eigenvalue weighted by molar-refractivity contribution is 0.0654. The SMILES string of the molecule is CCOc1ccccc1N(CCN1C(=O)c2ccccc2C1=O)C(=O)c1ccc(Br)cc1. The molecule has 3 amide bonds. The minimum Gasteiger partial charge on any atom is -0.492 e. The zero-order chi connectivity index (χ0) is 22.7. The molecule has 162 valence electrons. The van der Waals surface area contributed by atoms with Crippen molar-refractivity contribution in [1.82, 2.24) is 4.90 Å². The Kier molecular flexibility index (Phi) is 6.37. The number of carbonyl (C=O) groups excluding carboxylic acids is 3. The fraction of sp³-hybridized carbons (Fsp3) is 0.160. The van der Waals surface area contributed by atoms with Crippen molar-refractivity contribution < 1.29 is 19.1 Å². The first-order valence-electron chi connectivity index (χ1n) is 10.3. The highest BCUT2D eigenvalue weighted by Gasteiger charge is 2.35. The van der Waals surface area contributed by atoms with Crippen LogP contribution in [0.2, 0.25) is 0 Å². The van der Waals surface area contributed by atoms with E-state index in [-0.39, 0.29) is 30.8 Å². The third kappa shape index (κ3) is 4.16. The van der Waals surface area contributed by atoms with Crippen molar-refractivity contribution in [1.29, 1.82) is 0 Å². The Morgan fingerprint density at radius 1 is 0.906 bits per heavy atom. The number of halogens is 1. The summed E-state index contributed by atoms with van der Waals surface area (Å²) in [5.41, 5.74) is 1.84. The summed E-state index contributed by atoms with van der Waals surface area (Å²) < 4.78 is 6.60. The van der Waals surface area contributed by atoms with Gasteiger partial charge in [0.2, 0.25) is 0 Å². The molecule has 3 aromatic rings. The average molecular weight is 493 g/mol. The van der Waals surface area contributed by atoms with E-state index in [0.717, 1.165) is 4.47 Å². The van der Waals surface area contributed by atoms with Crippen molar-refractivity contribution in [3.8, 4) is 5.75 Å². The Hall–Kier alpha value is -3.45. The molecule has 0 atom stereocenters. The number of anilines is 1. The van der Waals surface area contributed by atoms with E-state index in [0.29, 0.717) is 34.7 Å². The van der Waals surface area contributed by atoms with E-state index in [1.54, 1.807) is 65.6 Å². The fourth-order valence-electron chi connectivity index (χ4n) is 3.68. The maximum atomic E-state index is 13.5. The number of amides is 3. The number of hydrogen-bond donors (Lipinski definition) is 0. The second kappa shape index (κ2) is 9.36. The van der Waals surface area contributed by atoms with Gasteiger partial charge in [0.1, 0.15) is 5.75 Å². The minimum absolute atomic E-state index is 0.0646. The largest absolute Gasteiger partial charge is 0.492 e. The number of nitrogens with zero attached hydrogens (tertiary/aromatic N) is 2. The molecular formula is C25H21BrN2O4. The van der Waals surface area contributed by atoms with Crippen molar-refractivity contribution in [3.63, 3.8) is 0 Å². The molecule has 32 heavy (non-hydrogen) atoms. The van der Waals surface area contributed by atoms with E-state index >= 15 is 0 Å². The number of rotatable bonds is 7. The average Bonchev–Trinajstić information content (AvgIpc) is 3.05. The molecule has 0 aliphatic carbocycles. The molecule has 3 aromatic carbocycles. The number of carbonyl (C=O) groups is 3. The van der Waals surface area contributed by atoms with E-state index in [4.69, 9.17) is 4.74 Å². The van der Waals surface area contributed by atoms with Crippen LogP contribution in [-0.2, 0) is 0 Å². The Morgan fingerprint density at radius 3 is 2.12 bits per heavy atom. The lowest BCUT2D eigenvalue weighted by Crippen LogP contribution is -2.41. The molecule has 1 aliphatic rings. The van der Waals surface area contributed by atoms with Crippen molar-refractivity contribution in [3.05, 3.63) is 94.0 Å². The van der Waals surface area contributed by atoms with Gasteiger partial charge in [0.05, 0.1) is 23.4 Å². The van der Waals surface area contributed by atoms with E-state index in [1.165, 1.54) is 4.90 Å². The molecule has 0 saturated carbocycles. The van der Waals surface area contributed by atoms with Gasteiger partial charge in [-0.15, -0.1) is 0 Å². The number of hydrogen-bond acceptors (Lipinski definition) is 4. The lowest BCUT2D eigenvalue weighted by atomic mass is 10.1. The summed E-state index contributed by atoms with van der Waals surface area (Å²) in [6, 6.07) is 21.0. The van der Waals surface area contributed by atoms with Crippen molar-refractivity contribution >= 4 is 39.3 Å². The molecule has 0 bridgehead atoms. The highest BCUT2D eigenvalue weighted by atomic mass is 79.9. The Bertz CT molecular complexity index is 1140. The number of ether oxygens (including phenoxy) is 1. The summed E-state index contributed by atoms with van der Waals surface area (Å²) in [5, 5.41) is 0. The van der Waals surface area contributed by atoms with Crippen LogP contribution in [0.3, 0.4) is 0 Å². The molecule has 1 heterocycles. The molecule has 4 rings (SSSR count). The fourth-order valence-corrected chi connectivity index (χ4v) is 3.94. The maximum Gasteiger partial charge on any atom is 0.261 e. The molecule has 1 aliphatic heterocycles. The molecule has 0 fully saturated rings. The van der Waals surface area contributed by atoms with E-state index in [9.17, 15) is 14.4 Å². The quantitative estimate of drug-likeness (QED) is 0.444. The highest BCUT2D eigenvalue weighted by molar-refractivity contribution is 9.10. The van der Waals surface area contributed by atoms with Gasteiger partial charge in [-0.25, -0.2) is 0 Å². The van der Waals surface area contributed by atoms with Crippen molar-refractivity contribution in [2.45, 2.75) is 6.92 Å². The molecule has 0 unspecified atom stereocenters. The first-order chi connectivity index (χ1) is 15.5. The molecule has 0 N–H and O–H groups in total. The van der Waals surface area contributed by atoms with E-state index in [2.05, 4.69) is 15.9 Å². The number of benzene rings is 3. The summed E-state index contributed by atoms with van der Waals surface area (Å²) in [4.78, 5) is 41.8. The number of para-hydroxylation sites is 2. The van der Waals surface area contributed by atoms with Crippen LogP contribution >= 0.6 is 15.9 Å². The zero-order valence-electron chi connectivity index (χ0n) is 17.5. The topological polar surface area (TPSA) is 66.9 Å².